The lowest BCUT2D eigenvalue weighted by atomic mass is 9.99. The van der Waals surface area contributed by atoms with Gasteiger partial charge in [-0.2, -0.15) is 0 Å². The fourth-order valence-electron chi connectivity index (χ4n) is 4.20. The van der Waals surface area contributed by atoms with Gasteiger partial charge in [-0.15, -0.1) is 0 Å². The summed E-state index contributed by atoms with van der Waals surface area (Å²) >= 11 is 0. The molecule has 0 unspecified atom stereocenters. The largest absolute Gasteiger partial charge is 0.496 e. The standard InChI is InChI=1S/C22H29N3O3S/c1-28-22-7-2-15(14-24-29(26)27)12-20(22)17-5-3-16(4-6-17)19-13-21(19)25-18-8-10-23-11-9-18/h2-7,12,18-19,21,23,25,29H,8-11,13-14H2,1H3,(H,24,26,27)/t19-,21+/m1/s1. The van der Waals surface area contributed by atoms with Crippen LogP contribution in [0.5, 0.6) is 5.75 Å². The molecule has 7 heteroatoms. The summed E-state index contributed by atoms with van der Waals surface area (Å²) in [6, 6.07) is 15.7. The van der Waals surface area contributed by atoms with Crippen LogP contribution in [-0.2, 0) is 17.4 Å². The molecule has 0 bridgehead atoms. The van der Waals surface area contributed by atoms with Crippen molar-refractivity contribution in [3.05, 3.63) is 53.6 Å². The molecule has 1 aliphatic carbocycles. The van der Waals surface area contributed by atoms with Gasteiger partial charge < -0.3 is 15.4 Å². The molecule has 2 aliphatic rings. The predicted molar refractivity (Wildman–Crippen MR) is 116 cm³/mol. The van der Waals surface area contributed by atoms with Gasteiger partial charge in [0.15, 0.2) is 0 Å². The van der Waals surface area contributed by atoms with Gasteiger partial charge in [0.1, 0.15) is 5.75 Å². The fraction of sp³-hybridized carbons (Fsp3) is 0.455. The van der Waals surface area contributed by atoms with E-state index in [0.29, 0.717) is 18.0 Å². The molecule has 2 aromatic rings. The van der Waals surface area contributed by atoms with Gasteiger partial charge >= 0.3 is 0 Å². The van der Waals surface area contributed by atoms with E-state index in [1.807, 2.05) is 18.2 Å². The monoisotopic (exact) mass is 415 g/mol. The molecule has 6 nitrogen and oxygen atoms in total. The van der Waals surface area contributed by atoms with Gasteiger partial charge in [-0.05, 0) is 61.2 Å². The van der Waals surface area contributed by atoms with E-state index in [1.165, 1.54) is 24.8 Å². The molecule has 1 aliphatic heterocycles. The molecule has 1 saturated heterocycles. The zero-order chi connectivity index (χ0) is 20.2. The maximum absolute atomic E-state index is 10.8. The van der Waals surface area contributed by atoms with Gasteiger partial charge in [-0.3, -0.25) is 0 Å². The minimum Gasteiger partial charge on any atom is -0.496 e. The first-order valence-electron chi connectivity index (χ1n) is 10.3. The first kappa shape index (κ1) is 20.3. The molecule has 1 saturated carbocycles. The van der Waals surface area contributed by atoms with Crippen molar-refractivity contribution in [2.24, 2.45) is 0 Å². The molecule has 1 heterocycles. The lowest BCUT2D eigenvalue weighted by Gasteiger charge is -2.24. The van der Waals surface area contributed by atoms with E-state index in [4.69, 9.17) is 4.74 Å². The summed E-state index contributed by atoms with van der Waals surface area (Å²) in [5, 5.41) is 7.24. The van der Waals surface area contributed by atoms with Crippen LogP contribution >= 0.6 is 0 Å². The Morgan fingerprint density at radius 3 is 2.55 bits per heavy atom. The molecule has 0 radical (unpaired) electrons. The van der Waals surface area contributed by atoms with Crippen LogP contribution in [0.4, 0.5) is 0 Å². The second-order valence-corrected chi connectivity index (χ2v) is 8.72. The molecule has 4 rings (SSSR count). The average molecular weight is 416 g/mol. The summed E-state index contributed by atoms with van der Waals surface area (Å²) < 4.78 is 29.6. The highest BCUT2D eigenvalue weighted by atomic mass is 32.2. The van der Waals surface area contributed by atoms with Crippen LogP contribution in [0, 0.1) is 0 Å². The molecule has 156 valence electrons. The minimum absolute atomic E-state index is 0.278. The van der Waals surface area contributed by atoms with E-state index in [9.17, 15) is 8.42 Å². The van der Waals surface area contributed by atoms with E-state index in [0.717, 1.165) is 35.5 Å². The first-order valence-corrected chi connectivity index (χ1v) is 11.4. The number of ether oxygens (including phenoxy) is 1. The van der Waals surface area contributed by atoms with E-state index < -0.39 is 10.9 Å². The Hall–Kier alpha value is -1.93. The summed E-state index contributed by atoms with van der Waals surface area (Å²) in [5.74, 6) is 1.38. The highest BCUT2D eigenvalue weighted by Gasteiger charge is 2.39. The van der Waals surface area contributed by atoms with Crippen LogP contribution in [0.15, 0.2) is 42.5 Å². The van der Waals surface area contributed by atoms with Crippen LogP contribution in [0.1, 0.15) is 36.3 Å². The van der Waals surface area contributed by atoms with Crippen molar-refractivity contribution in [3.63, 3.8) is 0 Å². The van der Waals surface area contributed by atoms with Gasteiger partial charge in [-0.25, -0.2) is 13.1 Å². The normalized spacial score (nSPS) is 22.0. The van der Waals surface area contributed by atoms with Crippen LogP contribution < -0.4 is 20.1 Å². The minimum atomic E-state index is -2.61. The number of rotatable bonds is 8. The molecular formula is C22H29N3O3S. The highest BCUT2D eigenvalue weighted by Crippen LogP contribution is 2.42. The Balaban J connectivity index is 1.44. The quantitative estimate of drug-likeness (QED) is 0.497. The van der Waals surface area contributed by atoms with Gasteiger partial charge in [-0.1, -0.05) is 30.3 Å². The summed E-state index contributed by atoms with van der Waals surface area (Å²) in [5.41, 5.74) is 4.32. The summed E-state index contributed by atoms with van der Waals surface area (Å²) in [7, 11) is -0.952. The van der Waals surface area contributed by atoms with Crippen LogP contribution in [0.3, 0.4) is 0 Å². The maximum atomic E-state index is 10.8. The third-order valence-corrected chi connectivity index (χ3v) is 6.32. The van der Waals surface area contributed by atoms with Gasteiger partial charge in [0.25, 0.3) is 0 Å². The Morgan fingerprint density at radius 2 is 1.86 bits per heavy atom. The topological polar surface area (TPSA) is 79.5 Å². The van der Waals surface area contributed by atoms with E-state index >= 15 is 0 Å². The molecule has 29 heavy (non-hydrogen) atoms. The zero-order valence-electron chi connectivity index (χ0n) is 16.7. The van der Waals surface area contributed by atoms with Crippen molar-refractivity contribution in [3.8, 4) is 16.9 Å². The first-order chi connectivity index (χ1) is 14.1. The third-order valence-electron chi connectivity index (χ3n) is 5.91. The Morgan fingerprint density at radius 1 is 1.10 bits per heavy atom. The molecule has 2 fully saturated rings. The maximum Gasteiger partial charge on any atom is 0.201 e. The van der Waals surface area contributed by atoms with Crippen molar-refractivity contribution in [2.75, 3.05) is 20.2 Å². The lowest BCUT2D eigenvalue weighted by molar-refractivity contribution is 0.383. The average Bonchev–Trinajstić information content (AvgIpc) is 3.52. The molecular weight excluding hydrogens is 386 g/mol. The number of thiol groups is 1. The fourth-order valence-corrected chi connectivity index (χ4v) is 4.51. The second kappa shape index (κ2) is 9.26. The van der Waals surface area contributed by atoms with Crippen LogP contribution in [-0.4, -0.2) is 40.7 Å². The highest BCUT2D eigenvalue weighted by molar-refractivity contribution is 7.70. The SMILES string of the molecule is COc1ccc(CN[SH](=O)=O)cc1-c1ccc([C@H]2C[C@@H]2NC2CCNCC2)cc1. The molecule has 0 aromatic heterocycles. The number of methoxy groups -OCH3 is 1. The van der Waals surface area contributed by atoms with Crippen molar-refractivity contribution in [2.45, 2.75) is 43.8 Å². The van der Waals surface area contributed by atoms with Gasteiger partial charge in [0.05, 0.1) is 7.11 Å². The summed E-state index contributed by atoms with van der Waals surface area (Å²) in [4.78, 5) is 0. The van der Waals surface area contributed by atoms with E-state index in [1.54, 1.807) is 7.11 Å². The Labute approximate surface area is 174 Å². The van der Waals surface area contributed by atoms with Crippen molar-refractivity contribution in [1.29, 1.82) is 0 Å². The van der Waals surface area contributed by atoms with Crippen LogP contribution in [0.25, 0.3) is 11.1 Å². The third kappa shape index (κ3) is 5.17. The molecule has 2 atom stereocenters. The predicted octanol–water partition coefficient (Wildman–Crippen LogP) is 2.18. The van der Waals surface area contributed by atoms with Crippen LogP contribution in [0.2, 0.25) is 0 Å². The van der Waals surface area contributed by atoms with Gasteiger partial charge in [0, 0.05) is 30.1 Å². The number of benzene rings is 2. The lowest BCUT2D eigenvalue weighted by Crippen LogP contribution is -2.41. The Kier molecular flexibility index (Phi) is 6.50. The Bertz CT molecular complexity index is 900. The number of hydrogen-bond acceptors (Lipinski definition) is 5. The van der Waals surface area contributed by atoms with Gasteiger partial charge in [0.2, 0.25) is 10.9 Å². The molecule has 0 amide bonds. The summed E-state index contributed by atoms with van der Waals surface area (Å²) in [6.07, 6.45) is 3.64. The zero-order valence-corrected chi connectivity index (χ0v) is 17.6. The van der Waals surface area contributed by atoms with Crippen molar-refractivity contribution < 1.29 is 13.2 Å². The second-order valence-electron chi connectivity index (χ2n) is 7.89. The smallest absolute Gasteiger partial charge is 0.201 e. The molecule has 0 spiro atoms. The number of piperidine rings is 1. The molecule has 2 aromatic carbocycles. The number of nitrogens with one attached hydrogen (secondary N) is 3. The van der Waals surface area contributed by atoms with E-state index in [-0.39, 0.29) is 6.54 Å². The number of hydrogen-bond donors (Lipinski definition) is 4. The van der Waals surface area contributed by atoms with E-state index in [2.05, 4.69) is 39.6 Å². The van der Waals surface area contributed by atoms with Crippen molar-refractivity contribution >= 4 is 10.9 Å². The summed E-state index contributed by atoms with van der Waals surface area (Å²) in [6.45, 7) is 2.51. The van der Waals surface area contributed by atoms with Crippen molar-refractivity contribution in [1.82, 2.24) is 15.4 Å². The molecule has 3 N–H and O–H groups in total.